The van der Waals surface area contributed by atoms with Crippen LogP contribution < -0.4 is 5.32 Å². The van der Waals surface area contributed by atoms with Crippen LogP contribution in [-0.2, 0) is 4.74 Å². The molecule has 2 rings (SSSR count). The van der Waals surface area contributed by atoms with Gasteiger partial charge in [0, 0.05) is 36.2 Å². The lowest BCUT2D eigenvalue weighted by atomic mass is 9.84. The fourth-order valence-electron chi connectivity index (χ4n) is 2.91. The molecule has 1 atom stereocenters. The number of rotatable bonds is 6. The molecule has 1 N–H and O–H groups in total. The molecule has 1 heterocycles. The summed E-state index contributed by atoms with van der Waals surface area (Å²) in [5.74, 6) is 0.780. The number of hydrogen-bond acceptors (Lipinski definition) is 2. The van der Waals surface area contributed by atoms with Crippen molar-refractivity contribution in [3.63, 3.8) is 0 Å². The van der Waals surface area contributed by atoms with Crippen molar-refractivity contribution in [1.82, 2.24) is 5.32 Å². The molecule has 1 aromatic rings. The van der Waals surface area contributed by atoms with Gasteiger partial charge in [-0.2, -0.15) is 0 Å². The molecule has 0 saturated carbocycles. The summed E-state index contributed by atoms with van der Waals surface area (Å²) in [4.78, 5) is 0. The Morgan fingerprint density at radius 1 is 1.27 bits per heavy atom. The zero-order chi connectivity index (χ0) is 16.2. The molecule has 2 nitrogen and oxygen atoms in total. The molecule has 1 saturated heterocycles. The third kappa shape index (κ3) is 4.58. The van der Waals surface area contributed by atoms with Crippen LogP contribution in [0.4, 0.5) is 0 Å². The molecule has 0 bridgehead atoms. The Morgan fingerprint density at radius 3 is 2.41 bits per heavy atom. The molecule has 1 aliphatic heterocycles. The van der Waals surface area contributed by atoms with E-state index in [0.717, 1.165) is 37.6 Å². The second-order valence-electron chi connectivity index (χ2n) is 6.89. The average molecular weight is 322 g/mol. The maximum absolute atomic E-state index is 6.03. The third-order valence-electron chi connectivity index (χ3n) is 4.79. The van der Waals surface area contributed by atoms with Gasteiger partial charge in [-0.15, -0.1) is 0 Å². The molecule has 0 radical (unpaired) electrons. The van der Waals surface area contributed by atoms with Gasteiger partial charge in [0.05, 0.1) is 0 Å². The Labute approximate surface area is 139 Å². The number of hydrogen-bond donors (Lipinski definition) is 1. The van der Waals surface area contributed by atoms with Crippen molar-refractivity contribution < 1.29 is 4.74 Å². The van der Waals surface area contributed by atoms with Crippen LogP contribution in [0.2, 0.25) is 5.02 Å². The Bertz CT molecular complexity index is 489. The SMILES string of the molecule is C=C(C(C)C)[C@H](CNC1(C)CCOCC1)c1ccc(Cl)cc1. The van der Waals surface area contributed by atoms with E-state index in [9.17, 15) is 0 Å². The predicted molar refractivity (Wildman–Crippen MR) is 94.6 cm³/mol. The van der Waals surface area contributed by atoms with Gasteiger partial charge in [-0.25, -0.2) is 0 Å². The highest BCUT2D eigenvalue weighted by atomic mass is 35.5. The van der Waals surface area contributed by atoms with Gasteiger partial charge in [0.25, 0.3) is 0 Å². The van der Waals surface area contributed by atoms with E-state index in [2.05, 4.69) is 44.8 Å². The molecule has 122 valence electrons. The van der Waals surface area contributed by atoms with Crippen molar-refractivity contribution in [2.24, 2.45) is 5.92 Å². The topological polar surface area (TPSA) is 21.3 Å². The quantitative estimate of drug-likeness (QED) is 0.760. The highest BCUT2D eigenvalue weighted by Gasteiger charge is 2.28. The van der Waals surface area contributed by atoms with E-state index < -0.39 is 0 Å². The van der Waals surface area contributed by atoms with Crippen LogP contribution in [0.5, 0.6) is 0 Å². The lowest BCUT2D eigenvalue weighted by Crippen LogP contribution is -2.48. The molecule has 3 heteroatoms. The first-order chi connectivity index (χ1) is 10.4. The summed E-state index contributed by atoms with van der Waals surface area (Å²) in [5, 5.41) is 4.55. The van der Waals surface area contributed by atoms with Crippen LogP contribution in [0.1, 0.15) is 45.1 Å². The minimum atomic E-state index is 0.167. The molecule has 0 amide bonds. The molecule has 1 fully saturated rings. The molecule has 0 aromatic heterocycles. The van der Waals surface area contributed by atoms with Gasteiger partial charge in [0.15, 0.2) is 0 Å². The van der Waals surface area contributed by atoms with Crippen molar-refractivity contribution >= 4 is 11.6 Å². The molecule has 0 aliphatic carbocycles. The van der Waals surface area contributed by atoms with Gasteiger partial charge in [0.2, 0.25) is 0 Å². The van der Waals surface area contributed by atoms with Gasteiger partial charge >= 0.3 is 0 Å². The van der Waals surface area contributed by atoms with Crippen molar-refractivity contribution in [2.45, 2.75) is 45.1 Å². The van der Waals surface area contributed by atoms with E-state index in [-0.39, 0.29) is 5.54 Å². The van der Waals surface area contributed by atoms with Crippen molar-refractivity contribution in [3.8, 4) is 0 Å². The van der Waals surface area contributed by atoms with Gasteiger partial charge in [-0.1, -0.05) is 49.7 Å². The summed E-state index contributed by atoms with van der Waals surface area (Å²) < 4.78 is 5.48. The summed E-state index contributed by atoms with van der Waals surface area (Å²) in [5.41, 5.74) is 2.72. The third-order valence-corrected chi connectivity index (χ3v) is 5.04. The van der Waals surface area contributed by atoms with Crippen molar-refractivity contribution in [3.05, 3.63) is 47.0 Å². The maximum atomic E-state index is 6.03. The number of nitrogens with one attached hydrogen (secondary N) is 1. The molecule has 0 spiro atoms. The summed E-state index contributed by atoms with van der Waals surface area (Å²) in [7, 11) is 0. The van der Waals surface area contributed by atoms with E-state index in [1.54, 1.807) is 0 Å². The van der Waals surface area contributed by atoms with Crippen LogP contribution in [0, 0.1) is 5.92 Å². The van der Waals surface area contributed by atoms with E-state index in [1.165, 1.54) is 11.1 Å². The van der Waals surface area contributed by atoms with Gasteiger partial charge in [-0.3, -0.25) is 0 Å². The maximum Gasteiger partial charge on any atom is 0.0483 e. The summed E-state index contributed by atoms with van der Waals surface area (Å²) in [6, 6.07) is 8.17. The molecule has 0 unspecified atom stereocenters. The Kier molecular flexibility index (Phi) is 6.08. The molecular formula is C19H28ClNO. The second kappa shape index (κ2) is 7.63. The fraction of sp³-hybridized carbons (Fsp3) is 0.579. The van der Waals surface area contributed by atoms with Crippen LogP contribution in [0.25, 0.3) is 0 Å². The van der Waals surface area contributed by atoms with E-state index >= 15 is 0 Å². The van der Waals surface area contributed by atoms with Crippen LogP contribution in [0.15, 0.2) is 36.4 Å². The monoisotopic (exact) mass is 321 g/mol. The van der Waals surface area contributed by atoms with E-state index in [1.807, 2.05) is 12.1 Å². The predicted octanol–water partition coefficient (Wildman–Crippen LogP) is 4.79. The first-order valence-electron chi connectivity index (χ1n) is 8.18. The zero-order valence-electron chi connectivity index (χ0n) is 14.0. The summed E-state index contributed by atoms with van der Waals surface area (Å²) in [6.45, 7) is 13.7. The minimum Gasteiger partial charge on any atom is -0.381 e. The Balaban J connectivity index is 2.11. The molecule has 1 aliphatic rings. The van der Waals surface area contributed by atoms with Gasteiger partial charge in [0.1, 0.15) is 0 Å². The smallest absolute Gasteiger partial charge is 0.0483 e. The lowest BCUT2D eigenvalue weighted by Gasteiger charge is -2.36. The highest BCUT2D eigenvalue weighted by molar-refractivity contribution is 6.30. The summed E-state index contributed by atoms with van der Waals surface area (Å²) in [6.07, 6.45) is 2.13. The number of benzene rings is 1. The Hall–Kier alpha value is -0.830. The van der Waals surface area contributed by atoms with E-state index in [0.29, 0.717) is 11.8 Å². The second-order valence-corrected chi connectivity index (χ2v) is 7.32. The summed E-state index contributed by atoms with van der Waals surface area (Å²) >= 11 is 6.03. The first-order valence-corrected chi connectivity index (χ1v) is 8.56. The number of ether oxygens (including phenoxy) is 1. The van der Waals surface area contributed by atoms with Gasteiger partial charge < -0.3 is 10.1 Å². The van der Waals surface area contributed by atoms with Gasteiger partial charge in [-0.05, 0) is 43.4 Å². The van der Waals surface area contributed by atoms with Crippen LogP contribution >= 0.6 is 11.6 Å². The highest BCUT2D eigenvalue weighted by Crippen LogP contribution is 2.30. The van der Waals surface area contributed by atoms with Crippen molar-refractivity contribution in [1.29, 1.82) is 0 Å². The van der Waals surface area contributed by atoms with Crippen molar-refractivity contribution in [2.75, 3.05) is 19.8 Å². The van der Waals surface area contributed by atoms with Crippen LogP contribution in [-0.4, -0.2) is 25.3 Å². The largest absolute Gasteiger partial charge is 0.381 e. The Morgan fingerprint density at radius 2 is 1.86 bits per heavy atom. The van der Waals surface area contributed by atoms with Crippen LogP contribution in [0.3, 0.4) is 0 Å². The molecule has 22 heavy (non-hydrogen) atoms. The average Bonchev–Trinajstić information content (AvgIpc) is 2.49. The molecule has 1 aromatic carbocycles. The molecular weight excluding hydrogens is 294 g/mol. The standard InChI is InChI=1S/C19H28ClNO/c1-14(2)15(3)18(16-5-7-17(20)8-6-16)13-21-19(4)9-11-22-12-10-19/h5-8,14,18,21H,3,9-13H2,1-2,4H3/t18-/m0/s1. The zero-order valence-corrected chi connectivity index (χ0v) is 14.7. The van der Waals surface area contributed by atoms with E-state index in [4.69, 9.17) is 16.3 Å². The first kappa shape index (κ1) is 17.5. The lowest BCUT2D eigenvalue weighted by molar-refractivity contribution is 0.0450. The number of halogens is 1. The fourth-order valence-corrected chi connectivity index (χ4v) is 3.03. The minimum absolute atomic E-state index is 0.167. The normalized spacial score (nSPS) is 19.1.